The lowest BCUT2D eigenvalue weighted by Crippen LogP contribution is -2.45. The number of H-pyrrole nitrogens is 1. The molecular weight excluding hydrogens is 366 g/mol. The number of nitrogens with zero attached hydrogens (tertiary/aromatic N) is 3. The standard InChI is InChI=1S/C22H19N5O2/c1-23-16(10-13-6-3-2-4-7-13)22(29)27-11-17-20-18(12-27)25-26-21(28)14-8-5-9-15(24-17)19(14)20/h2-9,16,24H,1,10-12H2,(H,26,28)/t16-/m0/s1. The summed E-state index contributed by atoms with van der Waals surface area (Å²) < 4.78 is 0. The highest BCUT2D eigenvalue weighted by atomic mass is 16.2. The fourth-order valence-corrected chi connectivity index (χ4v) is 4.14. The van der Waals surface area contributed by atoms with Gasteiger partial charge in [-0.05, 0) is 24.4 Å². The topological polar surface area (TPSA) is 89.9 Å². The second-order valence-electron chi connectivity index (χ2n) is 7.29. The van der Waals surface area contributed by atoms with E-state index in [-0.39, 0.29) is 11.8 Å². The third-order valence-corrected chi connectivity index (χ3v) is 5.51. The molecule has 3 aromatic rings. The van der Waals surface area contributed by atoms with Crippen LogP contribution in [-0.2, 0) is 17.8 Å². The van der Waals surface area contributed by atoms with Crippen LogP contribution in [0, 0.1) is 0 Å². The monoisotopic (exact) mass is 385 g/mol. The molecule has 0 saturated heterocycles. The SMILES string of the molecule is C=N[C@@H](Cc1ccccc1)C(=O)N1CC2=NNC(=O)c3cccc4[nH]c(c2c34)C1. The van der Waals surface area contributed by atoms with Gasteiger partial charge in [-0.3, -0.25) is 14.6 Å². The molecule has 0 saturated carbocycles. The predicted molar refractivity (Wildman–Crippen MR) is 111 cm³/mol. The minimum atomic E-state index is -0.570. The molecule has 2 aliphatic heterocycles. The fraction of sp³-hybridized carbons (Fsp3) is 0.182. The van der Waals surface area contributed by atoms with Crippen LogP contribution in [0.2, 0.25) is 0 Å². The first kappa shape index (κ1) is 17.4. The molecule has 3 heterocycles. The molecule has 2 aliphatic rings. The van der Waals surface area contributed by atoms with Gasteiger partial charge in [0.1, 0.15) is 6.04 Å². The van der Waals surface area contributed by atoms with Crippen molar-refractivity contribution in [2.45, 2.75) is 19.0 Å². The summed E-state index contributed by atoms with van der Waals surface area (Å²) in [6.45, 7) is 4.36. The smallest absolute Gasteiger partial charge is 0.272 e. The molecule has 2 amide bonds. The second kappa shape index (κ2) is 6.70. The van der Waals surface area contributed by atoms with Crippen LogP contribution in [0.5, 0.6) is 0 Å². The number of benzene rings is 2. The van der Waals surface area contributed by atoms with Crippen LogP contribution in [0.3, 0.4) is 0 Å². The Morgan fingerprint density at radius 1 is 1.17 bits per heavy atom. The Morgan fingerprint density at radius 2 is 2.00 bits per heavy atom. The quantitative estimate of drug-likeness (QED) is 0.675. The van der Waals surface area contributed by atoms with E-state index in [1.807, 2.05) is 42.5 Å². The minimum Gasteiger partial charge on any atom is -0.356 e. The van der Waals surface area contributed by atoms with Crippen LogP contribution in [0.15, 0.2) is 58.6 Å². The Morgan fingerprint density at radius 3 is 2.79 bits per heavy atom. The zero-order chi connectivity index (χ0) is 20.0. The average molecular weight is 385 g/mol. The number of amides is 2. The molecule has 0 unspecified atom stereocenters. The normalized spacial score (nSPS) is 16.1. The summed E-state index contributed by atoms with van der Waals surface area (Å²) in [5, 5.41) is 5.17. The van der Waals surface area contributed by atoms with Crippen molar-refractivity contribution in [3.63, 3.8) is 0 Å². The number of hydrazone groups is 1. The molecule has 1 atom stereocenters. The number of rotatable bonds is 4. The van der Waals surface area contributed by atoms with Gasteiger partial charge in [-0.25, -0.2) is 5.43 Å². The first-order valence-corrected chi connectivity index (χ1v) is 9.45. The van der Waals surface area contributed by atoms with Crippen molar-refractivity contribution < 1.29 is 9.59 Å². The van der Waals surface area contributed by atoms with Gasteiger partial charge in [0.2, 0.25) is 5.91 Å². The maximum absolute atomic E-state index is 13.2. The van der Waals surface area contributed by atoms with Gasteiger partial charge in [0.25, 0.3) is 5.91 Å². The van der Waals surface area contributed by atoms with E-state index >= 15 is 0 Å². The van der Waals surface area contributed by atoms with Gasteiger partial charge in [-0.2, -0.15) is 5.10 Å². The molecular formula is C22H19N5O2. The van der Waals surface area contributed by atoms with Crippen molar-refractivity contribution in [3.05, 3.63) is 70.9 Å². The summed E-state index contributed by atoms with van der Waals surface area (Å²) in [5.41, 5.74) is 7.57. The van der Waals surface area contributed by atoms with Crippen LogP contribution in [-0.4, -0.2) is 46.7 Å². The Kier molecular flexibility index (Phi) is 4.01. The van der Waals surface area contributed by atoms with Crippen molar-refractivity contribution in [3.8, 4) is 0 Å². The van der Waals surface area contributed by atoms with E-state index in [9.17, 15) is 9.59 Å². The Labute approximate surface area is 167 Å². The van der Waals surface area contributed by atoms with Gasteiger partial charge in [0.05, 0.1) is 24.4 Å². The van der Waals surface area contributed by atoms with E-state index in [1.54, 1.807) is 11.0 Å². The Bertz CT molecular complexity index is 1180. The van der Waals surface area contributed by atoms with E-state index < -0.39 is 6.04 Å². The molecule has 2 N–H and O–H groups in total. The van der Waals surface area contributed by atoms with Gasteiger partial charge < -0.3 is 9.88 Å². The number of carbonyl (C=O) groups excluding carboxylic acids is 2. The molecule has 5 rings (SSSR count). The lowest BCUT2D eigenvalue weighted by atomic mass is 9.97. The molecule has 7 nitrogen and oxygen atoms in total. The van der Waals surface area contributed by atoms with Gasteiger partial charge in [0.15, 0.2) is 0 Å². The van der Waals surface area contributed by atoms with E-state index in [2.05, 4.69) is 27.2 Å². The molecule has 0 spiro atoms. The van der Waals surface area contributed by atoms with E-state index in [4.69, 9.17) is 0 Å². The number of aromatic nitrogens is 1. The maximum Gasteiger partial charge on any atom is 0.272 e. The Hall–Kier alpha value is -3.74. The number of hydrogen-bond acceptors (Lipinski definition) is 4. The largest absolute Gasteiger partial charge is 0.356 e. The van der Waals surface area contributed by atoms with Crippen LogP contribution >= 0.6 is 0 Å². The number of aliphatic imine (C=N–C) groups is 1. The average Bonchev–Trinajstić information content (AvgIpc) is 3.07. The number of aromatic amines is 1. The maximum atomic E-state index is 13.2. The van der Waals surface area contributed by atoms with Crippen molar-refractivity contribution in [1.29, 1.82) is 0 Å². The van der Waals surface area contributed by atoms with Crippen molar-refractivity contribution >= 4 is 35.1 Å². The van der Waals surface area contributed by atoms with E-state index in [1.165, 1.54) is 0 Å². The lowest BCUT2D eigenvalue weighted by Gasteiger charge is -2.30. The molecule has 0 bridgehead atoms. The summed E-state index contributed by atoms with van der Waals surface area (Å²) in [4.78, 5) is 34.8. The molecule has 29 heavy (non-hydrogen) atoms. The highest BCUT2D eigenvalue weighted by molar-refractivity contribution is 6.21. The first-order chi connectivity index (χ1) is 14.2. The molecule has 0 fully saturated rings. The van der Waals surface area contributed by atoms with Crippen LogP contribution in [0.25, 0.3) is 10.9 Å². The molecule has 2 aromatic carbocycles. The number of nitrogens with one attached hydrogen (secondary N) is 2. The lowest BCUT2D eigenvalue weighted by molar-refractivity contribution is -0.132. The third-order valence-electron chi connectivity index (χ3n) is 5.51. The molecule has 7 heteroatoms. The predicted octanol–water partition coefficient (Wildman–Crippen LogP) is 2.27. The van der Waals surface area contributed by atoms with E-state index in [0.717, 1.165) is 27.7 Å². The first-order valence-electron chi connectivity index (χ1n) is 9.45. The van der Waals surface area contributed by atoms with E-state index in [0.29, 0.717) is 30.8 Å². The van der Waals surface area contributed by atoms with Gasteiger partial charge in [0, 0.05) is 28.6 Å². The van der Waals surface area contributed by atoms with Crippen LogP contribution in [0.1, 0.15) is 27.2 Å². The highest BCUT2D eigenvalue weighted by Crippen LogP contribution is 2.32. The van der Waals surface area contributed by atoms with Gasteiger partial charge in [-0.1, -0.05) is 36.4 Å². The minimum absolute atomic E-state index is 0.105. The van der Waals surface area contributed by atoms with Gasteiger partial charge in [-0.15, -0.1) is 0 Å². The zero-order valence-electron chi connectivity index (χ0n) is 15.7. The van der Waals surface area contributed by atoms with Gasteiger partial charge >= 0.3 is 0 Å². The van der Waals surface area contributed by atoms with Crippen LogP contribution in [0.4, 0.5) is 0 Å². The number of carbonyl (C=O) groups is 2. The molecule has 0 aliphatic carbocycles. The molecule has 144 valence electrons. The van der Waals surface area contributed by atoms with Crippen molar-refractivity contribution in [1.82, 2.24) is 15.3 Å². The third kappa shape index (κ3) is 2.82. The summed E-state index contributed by atoms with van der Waals surface area (Å²) >= 11 is 0. The molecule has 0 radical (unpaired) electrons. The van der Waals surface area contributed by atoms with Crippen molar-refractivity contribution in [2.24, 2.45) is 10.1 Å². The summed E-state index contributed by atoms with van der Waals surface area (Å²) in [5.74, 6) is -0.349. The fourth-order valence-electron chi connectivity index (χ4n) is 4.14. The second-order valence-corrected chi connectivity index (χ2v) is 7.29. The summed E-state index contributed by atoms with van der Waals surface area (Å²) in [6.07, 6.45) is 0.493. The number of hydrogen-bond donors (Lipinski definition) is 2. The molecule has 1 aromatic heterocycles. The van der Waals surface area contributed by atoms with Crippen LogP contribution < -0.4 is 5.43 Å². The summed E-state index contributed by atoms with van der Waals surface area (Å²) in [7, 11) is 0. The highest BCUT2D eigenvalue weighted by Gasteiger charge is 2.34. The Balaban J connectivity index is 1.50. The van der Waals surface area contributed by atoms with Crippen molar-refractivity contribution in [2.75, 3.05) is 6.54 Å². The zero-order valence-corrected chi connectivity index (χ0v) is 15.7. The summed E-state index contributed by atoms with van der Waals surface area (Å²) in [6, 6.07) is 14.8.